The van der Waals surface area contributed by atoms with Crippen molar-refractivity contribution < 1.29 is 44.6 Å². The van der Waals surface area contributed by atoms with E-state index >= 15 is 0 Å². The zero-order valence-electron chi connectivity index (χ0n) is 21.8. The van der Waals surface area contributed by atoms with Crippen molar-refractivity contribution in [2.75, 3.05) is 20.2 Å². The fourth-order valence-electron chi connectivity index (χ4n) is 4.00. The first-order valence-electron chi connectivity index (χ1n) is 11.9. The number of alkyl halides is 3. The third-order valence-electron chi connectivity index (χ3n) is 6.02. The first kappa shape index (κ1) is 25.0. The fraction of sp³-hybridized carbons (Fsp3) is 0.762. The summed E-state index contributed by atoms with van der Waals surface area (Å²) in [6, 6.07) is -4.52. The molecule has 0 aromatic rings. The van der Waals surface area contributed by atoms with Crippen LogP contribution >= 0.6 is 0 Å². The van der Waals surface area contributed by atoms with Gasteiger partial charge in [0.05, 0.1) is 13.0 Å². The normalized spacial score (nSPS) is 26.7. The van der Waals surface area contributed by atoms with Crippen LogP contribution in [-0.4, -0.2) is 79.1 Å². The van der Waals surface area contributed by atoms with E-state index in [-0.39, 0.29) is 12.8 Å². The van der Waals surface area contributed by atoms with Crippen LogP contribution in [0, 0.1) is 17.3 Å². The summed E-state index contributed by atoms with van der Waals surface area (Å²) in [6.07, 6.45) is -7.22. The number of primary amides is 1. The quantitative estimate of drug-likeness (QED) is 0.379. The predicted molar refractivity (Wildman–Crippen MR) is 115 cm³/mol. The molecule has 5 amide bonds. The lowest BCUT2D eigenvalue weighted by molar-refractivity contribution is -0.171. The second-order valence-electron chi connectivity index (χ2n) is 9.68. The number of rotatable bonds is 7. The molecule has 14 heteroatoms. The molecule has 5 atom stereocenters. The second-order valence-corrected chi connectivity index (χ2v) is 9.68. The first-order valence-corrected chi connectivity index (χ1v) is 10.9. The largest absolute Gasteiger partial charge is 0.453 e. The highest BCUT2D eigenvalue weighted by Gasteiger charge is 2.53. The number of halogens is 3. The molecule has 2 aliphatic heterocycles. The highest BCUT2D eigenvalue weighted by molar-refractivity contribution is 5.94. The molecule has 2 saturated heterocycles. The standard InChI is InChI=1S/C21H32F3N5O6/c1-20(2,3)14(28-19(34)35-4)18(33)29-9-11(21(22,23)24)8-13(29)17(32)27-12(15(25)30)7-10-5-6-26-16(10)31/h10-14H,5-9H2,1-4H3,(H2,25,30)(H,26,31)(H,27,32)(H,28,34)/t10-,11+,12-,13-,14+/m0/s1/i6D2. The van der Waals surface area contributed by atoms with E-state index in [9.17, 15) is 37.1 Å². The van der Waals surface area contributed by atoms with E-state index in [0.717, 1.165) is 7.11 Å². The van der Waals surface area contributed by atoms with Crippen molar-refractivity contribution in [1.82, 2.24) is 20.9 Å². The van der Waals surface area contributed by atoms with Crippen LogP contribution < -0.4 is 21.7 Å². The second kappa shape index (κ2) is 10.7. The third kappa shape index (κ3) is 6.98. The maximum atomic E-state index is 13.6. The Morgan fingerprint density at radius 2 is 1.89 bits per heavy atom. The van der Waals surface area contributed by atoms with Gasteiger partial charge in [-0.1, -0.05) is 20.8 Å². The minimum Gasteiger partial charge on any atom is -0.453 e. The van der Waals surface area contributed by atoms with Crippen LogP contribution in [0.3, 0.4) is 0 Å². The van der Waals surface area contributed by atoms with E-state index in [1.165, 1.54) is 0 Å². The Labute approximate surface area is 203 Å². The maximum absolute atomic E-state index is 13.6. The molecule has 2 fully saturated rings. The number of hydrogen-bond donors (Lipinski definition) is 4. The van der Waals surface area contributed by atoms with E-state index < -0.39 is 90.7 Å². The lowest BCUT2D eigenvalue weighted by Crippen LogP contribution is -2.59. The molecule has 11 nitrogen and oxygen atoms in total. The van der Waals surface area contributed by atoms with Gasteiger partial charge in [0.2, 0.25) is 23.6 Å². The fourth-order valence-corrected chi connectivity index (χ4v) is 4.00. The van der Waals surface area contributed by atoms with Gasteiger partial charge in [0.25, 0.3) is 0 Å². The van der Waals surface area contributed by atoms with Gasteiger partial charge in [-0.3, -0.25) is 19.2 Å². The van der Waals surface area contributed by atoms with Crippen molar-refractivity contribution in [2.45, 2.75) is 64.3 Å². The van der Waals surface area contributed by atoms with Gasteiger partial charge >= 0.3 is 12.3 Å². The van der Waals surface area contributed by atoms with E-state index in [4.69, 9.17) is 8.48 Å². The lowest BCUT2D eigenvalue weighted by Gasteiger charge is -2.35. The van der Waals surface area contributed by atoms with Gasteiger partial charge in [0.1, 0.15) is 18.1 Å². The molecule has 2 heterocycles. The summed E-state index contributed by atoms with van der Waals surface area (Å²) in [5.74, 6) is -6.92. The Morgan fingerprint density at radius 3 is 2.34 bits per heavy atom. The summed E-state index contributed by atoms with van der Waals surface area (Å²) < 4.78 is 60.6. The average Bonchev–Trinajstić information content (AvgIpc) is 3.30. The Balaban J connectivity index is 2.31. The number of nitrogens with one attached hydrogen (secondary N) is 3. The third-order valence-corrected chi connectivity index (χ3v) is 6.02. The number of ether oxygens (including phenoxy) is 1. The molecule has 0 aromatic heterocycles. The van der Waals surface area contributed by atoms with Gasteiger partial charge < -0.3 is 31.3 Å². The molecular weight excluding hydrogens is 475 g/mol. The number of alkyl carbamates (subject to hydrolysis) is 1. The summed E-state index contributed by atoms with van der Waals surface area (Å²) in [7, 11) is 1.05. The smallest absolute Gasteiger partial charge is 0.407 e. The van der Waals surface area contributed by atoms with E-state index in [1.807, 2.05) is 0 Å². The summed E-state index contributed by atoms with van der Waals surface area (Å²) in [6.45, 7) is 1.80. The zero-order chi connectivity index (χ0) is 28.5. The molecule has 35 heavy (non-hydrogen) atoms. The number of carbonyl (C=O) groups is 5. The van der Waals surface area contributed by atoms with Gasteiger partial charge in [-0.2, -0.15) is 13.2 Å². The monoisotopic (exact) mass is 509 g/mol. The molecule has 0 saturated carbocycles. The SMILES string of the molecule is [2H]C1([2H])C[C@@H](C[C@H](NC(=O)[C@@H]2C[C@@H](C(F)(F)F)CN2C(=O)[C@@H](NC(=O)OC)C(C)(C)C)C(N)=O)C(=O)N1. The Hall–Kier alpha value is -3.06. The summed E-state index contributed by atoms with van der Waals surface area (Å²) >= 11 is 0. The van der Waals surface area contributed by atoms with Crippen LogP contribution in [0.5, 0.6) is 0 Å². The Kier molecular flexibility index (Phi) is 7.65. The number of nitrogens with two attached hydrogens (primary N) is 1. The molecule has 5 N–H and O–H groups in total. The van der Waals surface area contributed by atoms with Gasteiger partial charge in [-0.05, 0) is 24.7 Å². The summed E-state index contributed by atoms with van der Waals surface area (Å²) in [4.78, 5) is 63.0. The molecule has 2 aliphatic rings. The van der Waals surface area contributed by atoms with E-state index in [1.54, 1.807) is 20.8 Å². The molecule has 0 spiro atoms. The topological polar surface area (TPSA) is 160 Å². The molecule has 198 valence electrons. The van der Waals surface area contributed by atoms with Crippen molar-refractivity contribution in [1.29, 1.82) is 0 Å². The van der Waals surface area contributed by atoms with Crippen LogP contribution in [0.1, 0.15) is 42.8 Å². The molecule has 0 bridgehead atoms. The summed E-state index contributed by atoms with van der Waals surface area (Å²) in [5.41, 5.74) is 4.36. The number of nitrogens with zero attached hydrogens (tertiary/aromatic N) is 1. The van der Waals surface area contributed by atoms with Gasteiger partial charge in [-0.25, -0.2) is 4.79 Å². The minimum absolute atomic E-state index is 0.303. The number of hydrogen-bond acceptors (Lipinski definition) is 6. The molecule has 0 unspecified atom stereocenters. The average molecular weight is 510 g/mol. The zero-order valence-corrected chi connectivity index (χ0v) is 19.8. The van der Waals surface area contributed by atoms with Crippen LogP contribution in [-0.2, 0) is 23.9 Å². The predicted octanol–water partition coefficient (Wildman–Crippen LogP) is 0.0328. The van der Waals surface area contributed by atoms with Gasteiger partial charge in [0.15, 0.2) is 0 Å². The van der Waals surface area contributed by atoms with Crippen molar-refractivity contribution >= 4 is 29.7 Å². The van der Waals surface area contributed by atoms with Crippen LogP contribution in [0.2, 0.25) is 0 Å². The molecule has 0 aliphatic carbocycles. The van der Waals surface area contributed by atoms with Crippen molar-refractivity contribution in [3.8, 4) is 0 Å². The molecular formula is C21H32F3N5O6. The highest BCUT2D eigenvalue weighted by atomic mass is 19.4. The van der Waals surface area contributed by atoms with Crippen molar-refractivity contribution in [3.63, 3.8) is 0 Å². The van der Waals surface area contributed by atoms with Crippen LogP contribution in [0.4, 0.5) is 18.0 Å². The van der Waals surface area contributed by atoms with Crippen molar-refractivity contribution in [2.24, 2.45) is 23.0 Å². The van der Waals surface area contributed by atoms with Gasteiger partial charge in [0, 0.05) is 21.7 Å². The minimum atomic E-state index is -4.74. The maximum Gasteiger partial charge on any atom is 0.407 e. The number of methoxy groups -OCH3 is 1. The van der Waals surface area contributed by atoms with Crippen LogP contribution in [0.25, 0.3) is 0 Å². The van der Waals surface area contributed by atoms with Crippen LogP contribution in [0.15, 0.2) is 0 Å². The first-order chi connectivity index (χ1) is 16.8. The van der Waals surface area contributed by atoms with E-state index in [2.05, 4.69) is 20.7 Å². The molecule has 0 aromatic carbocycles. The molecule has 0 radical (unpaired) electrons. The number of likely N-dealkylation sites (tertiary alicyclic amines) is 1. The molecule has 2 rings (SSSR count). The number of carbonyl (C=O) groups excluding carboxylic acids is 5. The number of amides is 5. The van der Waals surface area contributed by atoms with Crippen molar-refractivity contribution in [3.05, 3.63) is 0 Å². The van der Waals surface area contributed by atoms with Gasteiger partial charge in [-0.15, -0.1) is 0 Å². The lowest BCUT2D eigenvalue weighted by atomic mass is 9.85. The highest BCUT2D eigenvalue weighted by Crippen LogP contribution is 2.38. The summed E-state index contributed by atoms with van der Waals surface area (Å²) in [5, 5.41) is 6.62. The van der Waals surface area contributed by atoms with E-state index in [0.29, 0.717) is 4.90 Å². The Bertz CT molecular complexity index is 943. The Morgan fingerprint density at radius 1 is 1.26 bits per heavy atom.